The fraction of sp³-hybridized carbons (Fsp3) is 0.294. The SMILES string of the molecule is CC(C)(C)OC(=O)NC1(c2ccc(-c3nc4ccnc(-c5cn[nH]c5)c4cc3-c3ccccc3)cc2)CC2(C1)OCCO2. The Kier molecular flexibility index (Phi) is 6.52. The van der Waals surface area contributed by atoms with Crippen LogP contribution >= 0.6 is 0 Å². The van der Waals surface area contributed by atoms with E-state index in [0.29, 0.717) is 26.1 Å². The third-order valence-corrected chi connectivity index (χ3v) is 8.01. The van der Waals surface area contributed by atoms with Crippen molar-refractivity contribution >= 4 is 17.0 Å². The van der Waals surface area contributed by atoms with Gasteiger partial charge in [-0.3, -0.25) is 10.1 Å². The molecule has 1 aliphatic carbocycles. The number of H-pyrrole nitrogens is 1. The van der Waals surface area contributed by atoms with Crippen molar-refractivity contribution in [2.75, 3.05) is 13.2 Å². The number of amides is 1. The van der Waals surface area contributed by atoms with Crippen LogP contribution in [0.25, 0.3) is 44.5 Å². The number of ether oxygens (including phenoxy) is 3. The smallest absolute Gasteiger partial charge is 0.408 e. The van der Waals surface area contributed by atoms with Crippen LogP contribution in [-0.4, -0.2) is 50.9 Å². The first-order valence-corrected chi connectivity index (χ1v) is 14.5. The minimum absolute atomic E-state index is 0.464. The Morgan fingerprint density at radius 3 is 2.35 bits per heavy atom. The van der Waals surface area contributed by atoms with E-state index in [9.17, 15) is 4.79 Å². The molecule has 1 aliphatic heterocycles. The molecule has 2 aliphatic rings. The van der Waals surface area contributed by atoms with E-state index in [2.05, 4.69) is 63.0 Å². The van der Waals surface area contributed by atoms with Gasteiger partial charge in [-0.25, -0.2) is 9.78 Å². The third-order valence-electron chi connectivity index (χ3n) is 8.01. The van der Waals surface area contributed by atoms with Gasteiger partial charge in [-0.15, -0.1) is 0 Å². The molecule has 2 aromatic carbocycles. The first kappa shape index (κ1) is 27.2. The molecule has 9 nitrogen and oxygen atoms in total. The first-order valence-electron chi connectivity index (χ1n) is 14.5. The van der Waals surface area contributed by atoms with Crippen molar-refractivity contribution in [3.8, 4) is 33.6 Å². The number of carbonyl (C=O) groups excluding carboxylic acids is 1. The van der Waals surface area contributed by atoms with Crippen LogP contribution in [0.2, 0.25) is 0 Å². The maximum atomic E-state index is 12.9. The lowest BCUT2D eigenvalue weighted by molar-refractivity contribution is -0.245. The summed E-state index contributed by atoms with van der Waals surface area (Å²) in [7, 11) is 0. The molecular formula is C34H33N5O4. The Morgan fingerprint density at radius 2 is 1.67 bits per heavy atom. The molecule has 0 atom stereocenters. The van der Waals surface area contributed by atoms with Gasteiger partial charge >= 0.3 is 6.09 Å². The average molecular weight is 576 g/mol. The van der Waals surface area contributed by atoms with Crippen molar-refractivity contribution in [1.82, 2.24) is 25.5 Å². The van der Waals surface area contributed by atoms with Gasteiger partial charge in [-0.1, -0.05) is 54.6 Å². The number of fused-ring (bicyclic) bond motifs is 1. The zero-order valence-corrected chi connectivity index (χ0v) is 24.4. The molecule has 2 fully saturated rings. The van der Waals surface area contributed by atoms with E-state index in [1.54, 1.807) is 12.4 Å². The van der Waals surface area contributed by atoms with Crippen LogP contribution in [-0.2, 0) is 19.7 Å². The molecule has 7 rings (SSSR count). The maximum Gasteiger partial charge on any atom is 0.408 e. The fourth-order valence-corrected chi connectivity index (χ4v) is 6.14. The minimum Gasteiger partial charge on any atom is -0.444 e. The van der Waals surface area contributed by atoms with Crippen molar-refractivity contribution < 1.29 is 19.0 Å². The summed E-state index contributed by atoms with van der Waals surface area (Å²) in [4.78, 5) is 22.8. The van der Waals surface area contributed by atoms with Gasteiger partial charge in [0.05, 0.1) is 41.9 Å². The van der Waals surface area contributed by atoms with Crippen LogP contribution in [0.15, 0.2) is 85.3 Å². The summed E-state index contributed by atoms with van der Waals surface area (Å²) in [5, 5.41) is 11.1. The predicted molar refractivity (Wildman–Crippen MR) is 163 cm³/mol. The van der Waals surface area contributed by atoms with Crippen LogP contribution in [0.1, 0.15) is 39.2 Å². The van der Waals surface area contributed by atoms with E-state index < -0.39 is 23.0 Å². The van der Waals surface area contributed by atoms with E-state index in [-0.39, 0.29) is 0 Å². The van der Waals surface area contributed by atoms with E-state index in [1.807, 2.05) is 51.2 Å². The van der Waals surface area contributed by atoms with E-state index in [4.69, 9.17) is 19.2 Å². The van der Waals surface area contributed by atoms with Crippen molar-refractivity contribution in [2.24, 2.45) is 0 Å². The number of hydrogen-bond acceptors (Lipinski definition) is 7. The van der Waals surface area contributed by atoms with Gasteiger partial charge in [0.25, 0.3) is 0 Å². The molecule has 43 heavy (non-hydrogen) atoms. The number of carbonyl (C=O) groups is 1. The predicted octanol–water partition coefficient (Wildman–Crippen LogP) is 6.61. The molecule has 0 bridgehead atoms. The molecule has 0 radical (unpaired) electrons. The third kappa shape index (κ3) is 5.15. The van der Waals surface area contributed by atoms with Crippen LogP contribution < -0.4 is 5.32 Å². The second-order valence-corrected chi connectivity index (χ2v) is 12.2. The molecule has 218 valence electrons. The lowest BCUT2D eigenvalue weighted by Crippen LogP contribution is -2.64. The van der Waals surface area contributed by atoms with Gasteiger partial charge in [-0.05, 0) is 44.0 Å². The number of alkyl carbamates (subject to hydrolysis) is 1. The zero-order valence-electron chi connectivity index (χ0n) is 24.4. The minimum atomic E-state index is -0.672. The fourth-order valence-electron chi connectivity index (χ4n) is 6.14. The lowest BCUT2D eigenvalue weighted by atomic mass is 9.67. The highest BCUT2D eigenvalue weighted by Crippen LogP contribution is 2.53. The highest BCUT2D eigenvalue weighted by atomic mass is 16.7. The van der Waals surface area contributed by atoms with Crippen molar-refractivity contribution in [3.05, 3.63) is 90.9 Å². The molecule has 3 aromatic heterocycles. The van der Waals surface area contributed by atoms with Crippen molar-refractivity contribution in [3.63, 3.8) is 0 Å². The quantitative estimate of drug-likeness (QED) is 0.243. The number of nitrogens with zero attached hydrogens (tertiary/aromatic N) is 3. The number of nitrogens with one attached hydrogen (secondary N) is 2. The summed E-state index contributed by atoms with van der Waals surface area (Å²) < 4.78 is 17.5. The summed E-state index contributed by atoms with van der Waals surface area (Å²) >= 11 is 0. The van der Waals surface area contributed by atoms with Crippen molar-refractivity contribution in [1.29, 1.82) is 0 Å². The molecule has 0 unspecified atom stereocenters. The van der Waals surface area contributed by atoms with E-state index >= 15 is 0 Å². The van der Waals surface area contributed by atoms with Crippen molar-refractivity contribution in [2.45, 2.75) is 50.5 Å². The number of aromatic nitrogens is 4. The molecule has 1 amide bonds. The highest BCUT2D eigenvalue weighted by Gasteiger charge is 2.60. The maximum absolute atomic E-state index is 12.9. The molecule has 2 N–H and O–H groups in total. The first-order chi connectivity index (χ1) is 20.7. The number of hydrogen-bond donors (Lipinski definition) is 2. The molecule has 5 aromatic rings. The number of rotatable bonds is 5. The Bertz CT molecular complexity index is 1770. The molecule has 9 heteroatoms. The Hall–Kier alpha value is -4.60. The standard InChI is InChI=1S/C34H33N5O4/c1-32(2,3)43-31(40)39-33(20-34(21-33)41-15-16-42-34)25-11-9-23(10-12-25)30-26(22-7-5-4-6-8-22)17-27-28(38-30)13-14-35-29(27)24-18-36-37-19-24/h4-14,17-19H,15-16,20-21H2,1-3H3,(H,36,37)(H,39,40). The van der Waals surface area contributed by atoms with Gasteiger partial charge in [-0.2, -0.15) is 5.10 Å². The van der Waals surface area contributed by atoms with Gasteiger partial charge in [0.2, 0.25) is 0 Å². The molecule has 4 heterocycles. The van der Waals surface area contributed by atoms with Crippen LogP contribution in [0.5, 0.6) is 0 Å². The topological polar surface area (TPSA) is 111 Å². The van der Waals surface area contributed by atoms with E-state index in [0.717, 1.165) is 50.1 Å². The number of aromatic amines is 1. The highest BCUT2D eigenvalue weighted by molar-refractivity contribution is 5.98. The van der Waals surface area contributed by atoms with Gasteiger partial charge in [0.1, 0.15) is 5.60 Å². The van der Waals surface area contributed by atoms with Crippen LogP contribution in [0, 0.1) is 0 Å². The molecular weight excluding hydrogens is 542 g/mol. The van der Waals surface area contributed by atoms with Gasteiger partial charge in [0.15, 0.2) is 5.79 Å². The summed E-state index contributed by atoms with van der Waals surface area (Å²) in [5.74, 6) is -0.672. The summed E-state index contributed by atoms with van der Waals surface area (Å²) in [5.41, 5.74) is 6.10. The number of pyridine rings is 2. The summed E-state index contributed by atoms with van der Waals surface area (Å²) in [6.07, 6.45) is 5.93. The zero-order chi connectivity index (χ0) is 29.7. The Labute approximate surface area is 249 Å². The normalized spacial score (nSPS) is 17.1. The summed E-state index contributed by atoms with van der Waals surface area (Å²) in [6.45, 7) is 6.67. The monoisotopic (exact) mass is 575 g/mol. The van der Waals surface area contributed by atoms with Gasteiger partial charge in [0, 0.05) is 47.3 Å². The van der Waals surface area contributed by atoms with E-state index in [1.165, 1.54) is 0 Å². The van der Waals surface area contributed by atoms with Gasteiger partial charge < -0.3 is 19.5 Å². The molecule has 1 spiro atoms. The Morgan fingerprint density at radius 1 is 0.930 bits per heavy atom. The molecule has 1 saturated heterocycles. The van der Waals surface area contributed by atoms with Crippen LogP contribution in [0.4, 0.5) is 4.79 Å². The molecule has 1 saturated carbocycles. The number of benzene rings is 2. The lowest BCUT2D eigenvalue weighted by Gasteiger charge is -2.53. The Balaban J connectivity index is 1.29. The largest absolute Gasteiger partial charge is 0.444 e. The average Bonchev–Trinajstić information content (AvgIpc) is 3.69. The second-order valence-electron chi connectivity index (χ2n) is 12.2. The summed E-state index contributed by atoms with van der Waals surface area (Å²) in [6, 6.07) is 22.6. The van der Waals surface area contributed by atoms with Crippen LogP contribution in [0.3, 0.4) is 0 Å². The second kappa shape index (κ2) is 10.3.